The summed E-state index contributed by atoms with van der Waals surface area (Å²) < 4.78 is 10.7. The van der Waals surface area contributed by atoms with Crippen molar-refractivity contribution in [3.63, 3.8) is 0 Å². The van der Waals surface area contributed by atoms with Gasteiger partial charge in [-0.3, -0.25) is 0 Å². The van der Waals surface area contributed by atoms with Crippen LogP contribution in [0.1, 0.15) is 20.3 Å². The molecule has 0 rings (SSSR count). The van der Waals surface area contributed by atoms with Crippen molar-refractivity contribution >= 4 is 0 Å². The normalized spacial score (nSPS) is 13.1. The molecule has 0 amide bonds. The molecule has 0 fully saturated rings. The molecular weight excluding hydrogens is 178 g/mol. The van der Waals surface area contributed by atoms with Crippen molar-refractivity contribution in [2.75, 3.05) is 26.9 Å². The van der Waals surface area contributed by atoms with Crippen LogP contribution in [0.15, 0.2) is 12.7 Å². The van der Waals surface area contributed by atoms with Crippen molar-refractivity contribution in [1.29, 1.82) is 0 Å². The van der Waals surface area contributed by atoms with Gasteiger partial charge in [0.15, 0.2) is 0 Å². The molecule has 0 aliphatic rings. The zero-order chi connectivity index (χ0) is 10.8. The molecule has 3 nitrogen and oxygen atoms in total. The van der Waals surface area contributed by atoms with Gasteiger partial charge in [-0.25, -0.2) is 0 Å². The Hall–Kier alpha value is -0.380. The second-order valence-electron chi connectivity index (χ2n) is 3.59. The van der Waals surface area contributed by atoms with Crippen LogP contribution in [0.2, 0.25) is 0 Å². The summed E-state index contributed by atoms with van der Waals surface area (Å²) >= 11 is 0. The minimum absolute atomic E-state index is 0.141. The van der Waals surface area contributed by atoms with Crippen molar-refractivity contribution in [1.82, 2.24) is 5.32 Å². The molecular formula is C11H23NO2. The zero-order valence-corrected chi connectivity index (χ0v) is 9.58. The zero-order valence-electron chi connectivity index (χ0n) is 9.58. The van der Waals surface area contributed by atoms with E-state index in [1.165, 1.54) is 0 Å². The Morgan fingerprint density at radius 2 is 2.14 bits per heavy atom. The van der Waals surface area contributed by atoms with Crippen LogP contribution in [0, 0.1) is 0 Å². The minimum atomic E-state index is 0.141. The molecule has 1 unspecified atom stereocenters. The van der Waals surface area contributed by atoms with Gasteiger partial charge in [0.25, 0.3) is 0 Å². The fourth-order valence-electron chi connectivity index (χ4n) is 1.04. The second-order valence-corrected chi connectivity index (χ2v) is 3.59. The van der Waals surface area contributed by atoms with Crippen molar-refractivity contribution in [2.45, 2.75) is 32.4 Å². The first kappa shape index (κ1) is 13.6. The molecule has 1 atom stereocenters. The largest absolute Gasteiger partial charge is 0.382 e. The fraction of sp³-hybridized carbons (Fsp3) is 0.818. The quantitative estimate of drug-likeness (QED) is 0.454. The lowest BCUT2D eigenvalue weighted by Crippen LogP contribution is -2.36. The average Bonchev–Trinajstić information content (AvgIpc) is 2.14. The standard InChI is InChI=1S/C11H23NO2/c1-5-6-7-14-11(9-13-4)8-12-10(2)3/h5,10-12H,1,6-9H2,2-4H3. The number of rotatable bonds is 9. The molecule has 0 radical (unpaired) electrons. The van der Waals surface area contributed by atoms with Crippen LogP contribution in [-0.4, -0.2) is 39.0 Å². The minimum Gasteiger partial charge on any atom is -0.382 e. The third kappa shape index (κ3) is 8.23. The van der Waals surface area contributed by atoms with Crippen LogP contribution in [0.3, 0.4) is 0 Å². The van der Waals surface area contributed by atoms with E-state index in [1.807, 2.05) is 6.08 Å². The highest BCUT2D eigenvalue weighted by molar-refractivity contribution is 4.67. The number of hydrogen-bond donors (Lipinski definition) is 1. The predicted octanol–water partition coefficient (Wildman–Crippen LogP) is 1.59. The van der Waals surface area contributed by atoms with Crippen LogP contribution in [0.5, 0.6) is 0 Å². The average molecular weight is 201 g/mol. The summed E-state index contributed by atoms with van der Waals surface area (Å²) in [6, 6.07) is 0.484. The lowest BCUT2D eigenvalue weighted by Gasteiger charge is -2.18. The Labute approximate surface area is 87.5 Å². The van der Waals surface area contributed by atoms with E-state index in [9.17, 15) is 0 Å². The maximum Gasteiger partial charge on any atom is 0.0932 e. The van der Waals surface area contributed by atoms with Crippen LogP contribution in [0.25, 0.3) is 0 Å². The Bertz CT molecular complexity index is 137. The van der Waals surface area contributed by atoms with E-state index in [4.69, 9.17) is 9.47 Å². The SMILES string of the molecule is C=CCCOC(CNC(C)C)COC. The lowest BCUT2D eigenvalue weighted by atomic mass is 10.3. The van der Waals surface area contributed by atoms with E-state index in [0.29, 0.717) is 12.6 Å². The van der Waals surface area contributed by atoms with Gasteiger partial charge in [0.2, 0.25) is 0 Å². The first-order valence-corrected chi connectivity index (χ1v) is 5.15. The van der Waals surface area contributed by atoms with E-state index in [1.54, 1.807) is 7.11 Å². The maximum atomic E-state index is 5.61. The van der Waals surface area contributed by atoms with E-state index in [2.05, 4.69) is 25.7 Å². The van der Waals surface area contributed by atoms with Crippen LogP contribution in [0.4, 0.5) is 0 Å². The fourth-order valence-corrected chi connectivity index (χ4v) is 1.04. The third-order valence-electron chi connectivity index (χ3n) is 1.78. The van der Waals surface area contributed by atoms with E-state index < -0.39 is 0 Å². The van der Waals surface area contributed by atoms with E-state index in [-0.39, 0.29) is 6.10 Å². The number of methoxy groups -OCH3 is 1. The monoisotopic (exact) mass is 201 g/mol. The second kappa shape index (κ2) is 9.19. The summed E-state index contributed by atoms with van der Waals surface area (Å²) in [5, 5.41) is 3.33. The number of nitrogens with one attached hydrogen (secondary N) is 1. The van der Waals surface area contributed by atoms with Gasteiger partial charge in [0.1, 0.15) is 0 Å². The summed E-state index contributed by atoms with van der Waals surface area (Å²) in [4.78, 5) is 0. The van der Waals surface area contributed by atoms with Gasteiger partial charge < -0.3 is 14.8 Å². The summed E-state index contributed by atoms with van der Waals surface area (Å²) in [6.45, 7) is 10.1. The molecule has 84 valence electrons. The van der Waals surface area contributed by atoms with Crippen LogP contribution >= 0.6 is 0 Å². The van der Waals surface area contributed by atoms with Crippen LogP contribution in [-0.2, 0) is 9.47 Å². The highest BCUT2D eigenvalue weighted by atomic mass is 16.5. The smallest absolute Gasteiger partial charge is 0.0932 e. The number of hydrogen-bond acceptors (Lipinski definition) is 3. The maximum absolute atomic E-state index is 5.61. The Balaban J connectivity index is 3.59. The van der Waals surface area contributed by atoms with Gasteiger partial charge in [-0.15, -0.1) is 6.58 Å². The van der Waals surface area contributed by atoms with E-state index in [0.717, 1.165) is 19.6 Å². The van der Waals surface area contributed by atoms with Crippen LogP contribution < -0.4 is 5.32 Å². The molecule has 1 N–H and O–H groups in total. The topological polar surface area (TPSA) is 30.5 Å². The van der Waals surface area contributed by atoms with Gasteiger partial charge in [-0.1, -0.05) is 19.9 Å². The van der Waals surface area contributed by atoms with Gasteiger partial charge in [-0.05, 0) is 6.42 Å². The molecule has 0 aromatic rings. The molecule has 0 saturated heterocycles. The lowest BCUT2D eigenvalue weighted by molar-refractivity contribution is 0.000193. The predicted molar refractivity (Wildman–Crippen MR) is 59.6 cm³/mol. The molecule has 0 heterocycles. The molecule has 14 heavy (non-hydrogen) atoms. The molecule has 0 aliphatic carbocycles. The first-order valence-electron chi connectivity index (χ1n) is 5.15. The van der Waals surface area contributed by atoms with Crippen molar-refractivity contribution < 1.29 is 9.47 Å². The van der Waals surface area contributed by atoms with Gasteiger partial charge >= 0.3 is 0 Å². The van der Waals surface area contributed by atoms with Gasteiger partial charge in [-0.2, -0.15) is 0 Å². The summed E-state index contributed by atoms with van der Waals surface area (Å²) in [7, 11) is 1.69. The van der Waals surface area contributed by atoms with Crippen molar-refractivity contribution in [2.24, 2.45) is 0 Å². The Morgan fingerprint density at radius 3 is 2.64 bits per heavy atom. The highest BCUT2D eigenvalue weighted by Gasteiger charge is 2.08. The highest BCUT2D eigenvalue weighted by Crippen LogP contribution is 1.95. The number of ether oxygens (including phenoxy) is 2. The summed E-state index contributed by atoms with van der Waals surface area (Å²) in [5.74, 6) is 0. The van der Waals surface area contributed by atoms with Gasteiger partial charge in [0.05, 0.1) is 19.3 Å². The molecule has 0 spiro atoms. The molecule has 3 heteroatoms. The van der Waals surface area contributed by atoms with Gasteiger partial charge in [0, 0.05) is 19.7 Å². The molecule has 0 aliphatic heterocycles. The van der Waals surface area contributed by atoms with E-state index >= 15 is 0 Å². The Morgan fingerprint density at radius 1 is 1.43 bits per heavy atom. The first-order chi connectivity index (χ1) is 6.70. The summed E-state index contributed by atoms with van der Waals surface area (Å²) in [5.41, 5.74) is 0. The molecule has 0 saturated carbocycles. The molecule has 0 bridgehead atoms. The Kier molecular flexibility index (Phi) is 8.94. The van der Waals surface area contributed by atoms with Crippen molar-refractivity contribution in [3.05, 3.63) is 12.7 Å². The summed E-state index contributed by atoms with van der Waals surface area (Å²) in [6.07, 6.45) is 2.89. The molecule has 0 aromatic heterocycles. The third-order valence-corrected chi connectivity index (χ3v) is 1.78. The molecule has 0 aromatic carbocycles. The van der Waals surface area contributed by atoms with Crippen molar-refractivity contribution in [3.8, 4) is 0 Å².